The first kappa shape index (κ1) is 6.05. The lowest BCUT2D eigenvalue weighted by Crippen LogP contribution is -2.42. The van der Waals surface area contributed by atoms with Crippen LogP contribution < -0.4 is 0 Å². The number of rotatable bonds is 0. The zero-order chi connectivity index (χ0) is 7.26. The molecule has 0 radical (unpaired) electrons. The molecule has 4 atom stereocenters. The maximum atomic E-state index is 2.43. The second-order valence-corrected chi connectivity index (χ2v) is 4.18. The Morgan fingerprint density at radius 3 is 1.91 bits per heavy atom. The Bertz CT molecular complexity index is 200. The number of allylic oxidation sites excluding steroid dienone is 4. The van der Waals surface area contributed by atoms with Crippen LogP contribution in [0.15, 0.2) is 24.3 Å². The van der Waals surface area contributed by atoms with Crippen molar-refractivity contribution in [1.82, 2.24) is 0 Å². The second-order valence-electron chi connectivity index (χ2n) is 4.18. The molecule has 0 heterocycles. The predicted octanol–water partition coefficient (Wildman–Crippen LogP) is 2.77. The van der Waals surface area contributed by atoms with Gasteiger partial charge in [-0.1, -0.05) is 30.7 Å². The van der Waals surface area contributed by atoms with Gasteiger partial charge in [-0.3, -0.25) is 0 Å². The normalized spacial score (nSPS) is 51.6. The van der Waals surface area contributed by atoms with Crippen LogP contribution in [0.25, 0.3) is 0 Å². The van der Waals surface area contributed by atoms with Gasteiger partial charge in [-0.25, -0.2) is 0 Å². The molecule has 0 amide bonds. The van der Waals surface area contributed by atoms with Gasteiger partial charge in [-0.2, -0.15) is 0 Å². The van der Waals surface area contributed by atoms with Gasteiger partial charge in [0, 0.05) is 0 Å². The van der Waals surface area contributed by atoms with E-state index in [2.05, 4.69) is 24.3 Å². The maximum absolute atomic E-state index is 2.43. The third-order valence-corrected chi connectivity index (χ3v) is 3.84. The van der Waals surface area contributed by atoms with Crippen molar-refractivity contribution in [2.24, 2.45) is 23.7 Å². The molecule has 0 N–H and O–H groups in total. The van der Waals surface area contributed by atoms with E-state index in [4.69, 9.17) is 0 Å². The molecule has 0 spiro atoms. The van der Waals surface area contributed by atoms with Gasteiger partial charge in [0.05, 0.1) is 0 Å². The zero-order valence-electron chi connectivity index (χ0n) is 6.74. The van der Waals surface area contributed by atoms with E-state index in [1.165, 1.54) is 19.3 Å². The van der Waals surface area contributed by atoms with Crippen LogP contribution in [-0.2, 0) is 0 Å². The molecule has 2 fully saturated rings. The summed E-state index contributed by atoms with van der Waals surface area (Å²) in [5.74, 6) is 4.02. The van der Waals surface area contributed by atoms with E-state index in [0.717, 1.165) is 23.7 Å². The topological polar surface area (TPSA) is 0 Å². The number of hydrogen-bond donors (Lipinski definition) is 0. The Balaban J connectivity index is 1.90. The summed E-state index contributed by atoms with van der Waals surface area (Å²) < 4.78 is 0. The molecule has 3 aliphatic rings. The van der Waals surface area contributed by atoms with Crippen LogP contribution in [0.5, 0.6) is 0 Å². The first-order valence-electron chi connectivity index (χ1n) is 4.82. The summed E-state index contributed by atoms with van der Waals surface area (Å²) in [4.78, 5) is 0. The van der Waals surface area contributed by atoms with E-state index in [1.54, 1.807) is 0 Å². The van der Waals surface area contributed by atoms with E-state index >= 15 is 0 Å². The zero-order valence-corrected chi connectivity index (χ0v) is 6.74. The first-order chi connectivity index (χ1) is 5.47. The lowest BCUT2D eigenvalue weighted by atomic mass is 9.57. The van der Waals surface area contributed by atoms with Gasteiger partial charge in [0.2, 0.25) is 0 Å². The van der Waals surface area contributed by atoms with Crippen molar-refractivity contribution < 1.29 is 0 Å². The highest BCUT2D eigenvalue weighted by Crippen LogP contribution is 2.57. The second kappa shape index (κ2) is 2.00. The average molecular weight is 146 g/mol. The van der Waals surface area contributed by atoms with Crippen molar-refractivity contribution in [3.63, 3.8) is 0 Å². The molecule has 4 unspecified atom stereocenters. The van der Waals surface area contributed by atoms with Gasteiger partial charge < -0.3 is 0 Å². The van der Waals surface area contributed by atoms with Crippen LogP contribution in [0.2, 0.25) is 0 Å². The summed E-state index contributed by atoms with van der Waals surface area (Å²) >= 11 is 0. The smallest absolute Gasteiger partial charge is 0.0133 e. The maximum Gasteiger partial charge on any atom is -0.0133 e. The fourth-order valence-corrected chi connectivity index (χ4v) is 3.33. The van der Waals surface area contributed by atoms with Crippen molar-refractivity contribution in [3.05, 3.63) is 24.3 Å². The average Bonchev–Trinajstić information content (AvgIpc) is 2.44. The van der Waals surface area contributed by atoms with E-state index in [9.17, 15) is 0 Å². The minimum Gasteiger partial charge on any atom is -0.0805 e. The fourth-order valence-electron chi connectivity index (χ4n) is 3.33. The molecule has 0 bridgehead atoms. The molecule has 0 heteroatoms. The summed E-state index contributed by atoms with van der Waals surface area (Å²) in [6.07, 6.45) is 13.8. The molecule has 0 aliphatic heterocycles. The van der Waals surface area contributed by atoms with Crippen LogP contribution in [0.1, 0.15) is 19.3 Å². The van der Waals surface area contributed by atoms with E-state index in [-0.39, 0.29) is 0 Å². The Labute approximate surface area is 68.0 Å². The molecule has 0 aromatic rings. The quantitative estimate of drug-likeness (QED) is 0.493. The SMILES string of the molecule is C1=CC2C(C=C1)C1CCCC21. The van der Waals surface area contributed by atoms with Gasteiger partial charge in [0.1, 0.15) is 0 Å². The summed E-state index contributed by atoms with van der Waals surface area (Å²) in [6.45, 7) is 0. The van der Waals surface area contributed by atoms with Crippen molar-refractivity contribution in [2.45, 2.75) is 19.3 Å². The Morgan fingerprint density at radius 1 is 0.818 bits per heavy atom. The fraction of sp³-hybridized carbons (Fsp3) is 0.636. The summed E-state index contributed by atoms with van der Waals surface area (Å²) in [7, 11) is 0. The predicted molar refractivity (Wildman–Crippen MR) is 46.1 cm³/mol. The third-order valence-electron chi connectivity index (χ3n) is 3.84. The van der Waals surface area contributed by atoms with Crippen LogP contribution in [0, 0.1) is 23.7 Å². The molecule has 2 saturated carbocycles. The van der Waals surface area contributed by atoms with Gasteiger partial charge in [0.25, 0.3) is 0 Å². The lowest BCUT2D eigenvalue weighted by molar-refractivity contribution is 0.0730. The molecule has 0 nitrogen and oxygen atoms in total. The highest BCUT2D eigenvalue weighted by Gasteiger charge is 2.49. The molecule has 3 rings (SSSR count). The Morgan fingerprint density at radius 2 is 1.36 bits per heavy atom. The molecule has 58 valence electrons. The molecule has 3 aliphatic carbocycles. The van der Waals surface area contributed by atoms with Crippen LogP contribution >= 0.6 is 0 Å². The van der Waals surface area contributed by atoms with E-state index in [1.807, 2.05) is 0 Å². The Hall–Kier alpha value is -0.520. The highest BCUT2D eigenvalue weighted by atomic mass is 14.5. The lowest BCUT2D eigenvalue weighted by Gasteiger charge is -2.47. The largest absolute Gasteiger partial charge is 0.0805 e. The summed E-state index contributed by atoms with van der Waals surface area (Å²) in [5.41, 5.74) is 0. The molecular weight excluding hydrogens is 132 g/mol. The van der Waals surface area contributed by atoms with Crippen LogP contribution in [0.3, 0.4) is 0 Å². The van der Waals surface area contributed by atoms with Crippen molar-refractivity contribution in [1.29, 1.82) is 0 Å². The van der Waals surface area contributed by atoms with Crippen LogP contribution in [-0.4, -0.2) is 0 Å². The van der Waals surface area contributed by atoms with Crippen molar-refractivity contribution in [2.75, 3.05) is 0 Å². The van der Waals surface area contributed by atoms with Gasteiger partial charge in [-0.05, 0) is 36.5 Å². The Kier molecular flexibility index (Phi) is 1.10. The molecule has 0 saturated heterocycles. The number of fused-ring (bicyclic) bond motifs is 4. The molecule has 11 heavy (non-hydrogen) atoms. The first-order valence-corrected chi connectivity index (χ1v) is 4.82. The number of hydrogen-bond acceptors (Lipinski definition) is 0. The summed E-state index contributed by atoms with van der Waals surface area (Å²) in [5, 5.41) is 0. The van der Waals surface area contributed by atoms with E-state index in [0.29, 0.717) is 0 Å². The van der Waals surface area contributed by atoms with Gasteiger partial charge in [-0.15, -0.1) is 0 Å². The van der Waals surface area contributed by atoms with E-state index < -0.39 is 0 Å². The molecule has 0 aromatic carbocycles. The minimum absolute atomic E-state index is 0.937. The highest BCUT2D eigenvalue weighted by molar-refractivity contribution is 5.22. The third kappa shape index (κ3) is 0.654. The molecular formula is C11H14. The van der Waals surface area contributed by atoms with Crippen molar-refractivity contribution >= 4 is 0 Å². The standard InChI is InChI=1S/C11H14/c1-2-5-9-8(4-1)10-6-3-7-11(9)10/h1-2,4-5,8-11H,3,6-7H2. The molecule has 0 aromatic heterocycles. The van der Waals surface area contributed by atoms with Gasteiger partial charge in [0.15, 0.2) is 0 Å². The summed E-state index contributed by atoms with van der Waals surface area (Å²) in [6, 6.07) is 0. The van der Waals surface area contributed by atoms with Gasteiger partial charge >= 0.3 is 0 Å². The van der Waals surface area contributed by atoms with Crippen molar-refractivity contribution in [3.8, 4) is 0 Å². The monoisotopic (exact) mass is 146 g/mol. The minimum atomic E-state index is 0.937. The van der Waals surface area contributed by atoms with Crippen LogP contribution in [0.4, 0.5) is 0 Å².